The van der Waals surface area contributed by atoms with Crippen molar-refractivity contribution in [3.05, 3.63) is 64.1 Å². The van der Waals surface area contributed by atoms with Crippen LogP contribution in [0.3, 0.4) is 0 Å². The van der Waals surface area contributed by atoms with Gasteiger partial charge in [0.15, 0.2) is 0 Å². The zero-order valence-corrected chi connectivity index (χ0v) is 15.5. The van der Waals surface area contributed by atoms with E-state index in [-0.39, 0.29) is 17.9 Å². The molecule has 2 amide bonds. The molecule has 5 heteroatoms. The van der Waals surface area contributed by atoms with Gasteiger partial charge in [0.1, 0.15) is 0 Å². The van der Waals surface area contributed by atoms with E-state index in [0.29, 0.717) is 16.8 Å². The van der Waals surface area contributed by atoms with Gasteiger partial charge in [-0.2, -0.15) is 0 Å². The van der Waals surface area contributed by atoms with Gasteiger partial charge in [0, 0.05) is 27.3 Å². The maximum Gasteiger partial charge on any atom is 0.255 e. The summed E-state index contributed by atoms with van der Waals surface area (Å²) in [4.78, 5) is 24.7. The highest BCUT2D eigenvalue weighted by atomic mass is 79.9. The molecule has 0 spiro atoms. The minimum absolute atomic E-state index is 0.0772. The van der Waals surface area contributed by atoms with Crippen molar-refractivity contribution in [2.24, 2.45) is 0 Å². The zero-order valence-electron chi connectivity index (χ0n) is 13.9. The molecule has 4 nitrogen and oxygen atoms in total. The lowest BCUT2D eigenvalue weighted by atomic mass is 9.95. The molecule has 1 fully saturated rings. The molecule has 25 heavy (non-hydrogen) atoms. The van der Waals surface area contributed by atoms with E-state index in [1.54, 1.807) is 36.4 Å². The molecular formula is C20H21BrN2O2. The van der Waals surface area contributed by atoms with Crippen LogP contribution in [0.4, 0.5) is 5.69 Å². The molecule has 2 aromatic rings. The van der Waals surface area contributed by atoms with Crippen LogP contribution in [0.1, 0.15) is 52.8 Å². The first-order valence-corrected chi connectivity index (χ1v) is 9.39. The zero-order chi connectivity index (χ0) is 17.6. The van der Waals surface area contributed by atoms with Crippen LogP contribution < -0.4 is 10.6 Å². The number of hydrogen-bond acceptors (Lipinski definition) is 2. The molecule has 130 valence electrons. The van der Waals surface area contributed by atoms with Crippen molar-refractivity contribution >= 4 is 33.4 Å². The number of nitrogens with one attached hydrogen (secondary N) is 2. The molecule has 2 N–H and O–H groups in total. The third-order valence-corrected chi connectivity index (χ3v) is 4.96. The Kier molecular flexibility index (Phi) is 5.87. The minimum Gasteiger partial charge on any atom is -0.349 e. The van der Waals surface area contributed by atoms with Crippen molar-refractivity contribution in [1.82, 2.24) is 5.32 Å². The van der Waals surface area contributed by atoms with E-state index in [1.165, 1.54) is 19.3 Å². The van der Waals surface area contributed by atoms with Gasteiger partial charge in [-0.05, 0) is 55.3 Å². The molecule has 2 aromatic carbocycles. The van der Waals surface area contributed by atoms with E-state index in [2.05, 4.69) is 26.6 Å². The van der Waals surface area contributed by atoms with Crippen molar-refractivity contribution in [3.8, 4) is 0 Å². The maximum atomic E-state index is 12.4. The SMILES string of the molecule is O=C(Nc1cccc(C(=O)NC2CCCCC2)c1)c1ccc(Br)cc1. The monoisotopic (exact) mass is 400 g/mol. The fourth-order valence-corrected chi connectivity index (χ4v) is 3.32. The topological polar surface area (TPSA) is 58.2 Å². The van der Waals surface area contributed by atoms with Crippen LogP contribution in [0, 0.1) is 0 Å². The molecule has 0 atom stereocenters. The largest absolute Gasteiger partial charge is 0.349 e. The number of carbonyl (C=O) groups is 2. The number of halogens is 1. The summed E-state index contributed by atoms with van der Waals surface area (Å²) < 4.78 is 0.922. The summed E-state index contributed by atoms with van der Waals surface area (Å²) in [6.07, 6.45) is 5.70. The molecule has 1 saturated carbocycles. The van der Waals surface area contributed by atoms with Gasteiger partial charge in [-0.15, -0.1) is 0 Å². The summed E-state index contributed by atoms with van der Waals surface area (Å²) in [6, 6.07) is 14.5. The van der Waals surface area contributed by atoms with Gasteiger partial charge in [-0.25, -0.2) is 0 Å². The van der Waals surface area contributed by atoms with Gasteiger partial charge in [-0.1, -0.05) is 41.3 Å². The number of amides is 2. The molecule has 3 rings (SSSR count). The Morgan fingerprint density at radius 2 is 1.60 bits per heavy atom. The predicted octanol–water partition coefficient (Wildman–Crippen LogP) is 4.76. The summed E-state index contributed by atoms with van der Waals surface area (Å²) in [5.74, 6) is -0.274. The van der Waals surface area contributed by atoms with Crippen molar-refractivity contribution in [2.45, 2.75) is 38.1 Å². The number of benzene rings is 2. The van der Waals surface area contributed by atoms with Gasteiger partial charge >= 0.3 is 0 Å². The van der Waals surface area contributed by atoms with E-state index < -0.39 is 0 Å². The average molecular weight is 401 g/mol. The van der Waals surface area contributed by atoms with E-state index >= 15 is 0 Å². The molecule has 0 bridgehead atoms. The Morgan fingerprint density at radius 1 is 0.880 bits per heavy atom. The smallest absolute Gasteiger partial charge is 0.255 e. The second kappa shape index (κ2) is 8.30. The Morgan fingerprint density at radius 3 is 2.32 bits per heavy atom. The summed E-state index contributed by atoms with van der Waals surface area (Å²) >= 11 is 3.35. The third kappa shape index (κ3) is 4.92. The highest BCUT2D eigenvalue weighted by molar-refractivity contribution is 9.10. The first-order chi connectivity index (χ1) is 12.1. The third-order valence-electron chi connectivity index (χ3n) is 4.43. The Bertz CT molecular complexity index is 753. The lowest BCUT2D eigenvalue weighted by Crippen LogP contribution is -2.36. The molecule has 0 radical (unpaired) electrons. The van der Waals surface area contributed by atoms with Crippen LogP contribution in [0.5, 0.6) is 0 Å². The van der Waals surface area contributed by atoms with Crippen LogP contribution >= 0.6 is 15.9 Å². The standard InChI is InChI=1S/C20H21BrN2O2/c21-16-11-9-14(10-12-16)19(24)23-18-8-4-5-15(13-18)20(25)22-17-6-2-1-3-7-17/h4-5,8-13,17H,1-3,6-7H2,(H,22,25)(H,23,24). The normalized spacial score (nSPS) is 14.8. The molecular weight excluding hydrogens is 380 g/mol. The Hall–Kier alpha value is -2.14. The lowest BCUT2D eigenvalue weighted by Gasteiger charge is -2.22. The molecule has 0 unspecified atom stereocenters. The molecule has 0 aromatic heterocycles. The summed E-state index contributed by atoms with van der Waals surface area (Å²) in [6.45, 7) is 0. The minimum atomic E-state index is -0.197. The van der Waals surface area contributed by atoms with Crippen molar-refractivity contribution in [1.29, 1.82) is 0 Å². The van der Waals surface area contributed by atoms with Gasteiger partial charge in [0.25, 0.3) is 11.8 Å². The highest BCUT2D eigenvalue weighted by Crippen LogP contribution is 2.19. The van der Waals surface area contributed by atoms with Crippen LogP contribution in [-0.2, 0) is 0 Å². The molecule has 0 heterocycles. The van der Waals surface area contributed by atoms with Crippen LogP contribution in [0.25, 0.3) is 0 Å². The van der Waals surface area contributed by atoms with Crippen molar-refractivity contribution < 1.29 is 9.59 Å². The fraction of sp³-hybridized carbons (Fsp3) is 0.300. The summed E-state index contributed by atoms with van der Waals surface area (Å²) in [5, 5.41) is 5.94. The summed E-state index contributed by atoms with van der Waals surface area (Å²) in [7, 11) is 0. The quantitative estimate of drug-likeness (QED) is 0.776. The molecule has 1 aliphatic carbocycles. The van der Waals surface area contributed by atoms with Gasteiger partial charge in [0.05, 0.1) is 0 Å². The van der Waals surface area contributed by atoms with Gasteiger partial charge in [0.2, 0.25) is 0 Å². The maximum absolute atomic E-state index is 12.4. The Balaban J connectivity index is 1.65. The second-order valence-electron chi connectivity index (χ2n) is 6.35. The van der Waals surface area contributed by atoms with Crippen molar-refractivity contribution in [3.63, 3.8) is 0 Å². The number of carbonyl (C=O) groups excluding carboxylic acids is 2. The highest BCUT2D eigenvalue weighted by Gasteiger charge is 2.17. The lowest BCUT2D eigenvalue weighted by molar-refractivity contribution is 0.0926. The van der Waals surface area contributed by atoms with Gasteiger partial charge in [-0.3, -0.25) is 9.59 Å². The molecule has 1 aliphatic rings. The predicted molar refractivity (Wildman–Crippen MR) is 103 cm³/mol. The van der Waals surface area contributed by atoms with Crippen molar-refractivity contribution in [2.75, 3.05) is 5.32 Å². The van der Waals surface area contributed by atoms with E-state index in [4.69, 9.17) is 0 Å². The van der Waals surface area contributed by atoms with E-state index in [0.717, 1.165) is 17.3 Å². The van der Waals surface area contributed by atoms with E-state index in [9.17, 15) is 9.59 Å². The fourth-order valence-electron chi connectivity index (χ4n) is 3.06. The molecule has 0 saturated heterocycles. The second-order valence-corrected chi connectivity index (χ2v) is 7.27. The molecule has 0 aliphatic heterocycles. The van der Waals surface area contributed by atoms with E-state index in [1.807, 2.05) is 12.1 Å². The van der Waals surface area contributed by atoms with Crippen LogP contribution in [0.15, 0.2) is 53.0 Å². The number of hydrogen-bond donors (Lipinski definition) is 2. The van der Waals surface area contributed by atoms with Crippen LogP contribution in [-0.4, -0.2) is 17.9 Å². The first-order valence-electron chi connectivity index (χ1n) is 8.60. The first kappa shape index (κ1) is 17.7. The average Bonchev–Trinajstić information content (AvgIpc) is 2.63. The van der Waals surface area contributed by atoms with Gasteiger partial charge < -0.3 is 10.6 Å². The summed E-state index contributed by atoms with van der Waals surface area (Å²) in [5.41, 5.74) is 1.75. The number of anilines is 1. The number of rotatable bonds is 4. The Labute approximate surface area is 156 Å². The van der Waals surface area contributed by atoms with Crippen LogP contribution in [0.2, 0.25) is 0 Å².